The second-order valence-corrected chi connectivity index (χ2v) is 31.5. The molecular weight excluding hydrogens is 1250 g/mol. The highest BCUT2D eigenvalue weighted by Crippen LogP contribution is 2.45. The maximum atomic E-state index is 13.1. The fraction of sp³-hybridized carbons (Fsp3) is 0.947. The maximum absolute atomic E-state index is 13.1. The fourth-order valence-electron chi connectivity index (χ4n) is 11.6. The van der Waals surface area contributed by atoms with E-state index in [2.05, 4.69) is 48.5 Å². The van der Waals surface area contributed by atoms with Gasteiger partial charge in [0.15, 0.2) is 12.2 Å². The van der Waals surface area contributed by atoms with E-state index in [1.165, 1.54) is 193 Å². The molecule has 0 amide bonds. The van der Waals surface area contributed by atoms with Crippen LogP contribution in [0.2, 0.25) is 0 Å². The van der Waals surface area contributed by atoms with Crippen molar-refractivity contribution in [2.45, 2.75) is 407 Å². The van der Waals surface area contributed by atoms with Gasteiger partial charge in [-0.15, -0.1) is 0 Å². The minimum absolute atomic E-state index is 0.106. The highest BCUT2D eigenvalue weighted by Gasteiger charge is 2.30. The van der Waals surface area contributed by atoms with E-state index in [0.717, 1.165) is 114 Å². The van der Waals surface area contributed by atoms with E-state index < -0.39 is 97.5 Å². The Kier molecular flexibility index (Phi) is 65.2. The minimum atomic E-state index is -4.96. The van der Waals surface area contributed by atoms with E-state index in [4.69, 9.17) is 37.0 Å². The van der Waals surface area contributed by atoms with Crippen LogP contribution in [0.3, 0.4) is 0 Å². The summed E-state index contributed by atoms with van der Waals surface area (Å²) in [6.07, 6.45) is 52.7. The largest absolute Gasteiger partial charge is 0.472 e. The first kappa shape index (κ1) is 93.1. The Hall–Kier alpha value is -1.94. The summed E-state index contributed by atoms with van der Waals surface area (Å²) in [7, 11) is -9.91. The molecule has 6 atom stereocenters. The highest BCUT2D eigenvalue weighted by atomic mass is 31.2. The van der Waals surface area contributed by atoms with Crippen LogP contribution in [-0.4, -0.2) is 96.7 Å². The number of aliphatic hydroxyl groups is 1. The number of hydrogen-bond donors (Lipinski definition) is 3. The molecule has 0 bridgehead atoms. The highest BCUT2D eigenvalue weighted by molar-refractivity contribution is 7.47. The summed E-state index contributed by atoms with van der Waals surface area (Å²) in [5.74, 6) is 0.264. The second-order valence-electron chi connectivity index (χ2n) is 28.6. The van der Waals surface area contributed by atoms with E-state index in [1.807, 2.05) is 0 Å². The summed E-state index contributed by atoms with van der Waals surface area (Å²) in [5.41, 5.74) is 0. The van der Waals surface area contributed by atoms with Crippen LogP contribution in [0.4, 0.5) is 0 Å². The lowest BCUT2D eigenvalue weighted by atomic mass is 9.99. The van der Waals surface area contributed by atoms with Crippen LogP contribution < -0.4 is 0 Å². The van der Waals surface area contributed by atoms with Crippen molar-refractivity contribution < 1.29 is 80.2 Å². The van der Waals surface area contributed by atoms with Crippen LogP contribution in [-0.2, 0) is 65.4 Å². The van der Waals surface area contributed by atoms with Gasteiger partial charge in [0.2, 0.25) is 0 Å². The Labute approximate surface area is 581 Å². The molecule has 0 aromatic carbocycles. The molecule has 0 aliphatic carbocycles. The van der Waals surface area contributed by atoms with Crippen LogP contribution in [0.25, 0.3) is 0 Å². The zero-order valence-corrected chi connectivity index (χ0v) is 63.9. The first-order chi connectivity index (χ1) is 45.8. The monoisotopic (exact) mass is 1400 g/mol. The molecule has 564 valence electrons. The number of aliphatic hydroxyl groups excluding tert-OH is 1. The molecule has 3 unspecified atom stereocenters. The molecular formula is C76H148O17P2. The number of unbranched alkanes of at least 4 members (excludes halogenated alkanes) is 41. The number of rotatable bonds is 74. The molecule has 95 heavy (non-hydrogen) atoms. The summed E-state index contributed by atoms with van der Waals surface area (Å²) in [5, 5.41) is 10.6. The van der Waals surface area contributed by atoms with Gasteiger partial charge in [0.05, 0.1) is 26.4 Å². The molecule has 0 rings (SSSR count). The van der Waals surface area contributed by atoms with Crippen molar-refractivity contribution in [3.63, 3.8) is 0 Å². The number of ether oxygens (including phenoxy) is 4. The number of carbonyl (C=O) groups is 4. The molecule has 0 aliphatic rings. The molecule has 17 nitrogen and oxygen atoms in total. The molecule has 0 aliphatic heterocycles. The molecule has 0 spiro atoms. The smallest absolute Gasteiger partial charge is 0.462 e. The summed E-state index contributed by atoms with van der Waals surface area (Å²) in [6, 6.07) is 0. The predicted octanol–water partition coefficient (Wildman–Crippen LogP) is 22.2. The van der Waals surface area contributed by atoms with Crippen molar-refractivity contribution in [2.24, 2.45) is 17.8 Å². The lowest BCUT2D eigenvalue weighted by Gasteiger charge is -2.21. The van der Waals surface area contributed by atoms with Gasteiger partial charge in [-0.2, -0.15) is 0 Å². The number of phosphoric ester groups is 2. The maximum Gasteiger partial charge on any atom is 0.472 e. The first-order valence-corrected chi connectivity index (χ1v) is 42.4. The standard InChI is InChI=1S/C76H148O17P2/c1-8-10-11-12-13-36-43-50-57-73(78)86-63-71(92-76(81)60-53-46-39-32-26-25-29-35-42-49-56-69(7)9-2)65-90-94(82,83)88-61-70(77)62-89-95(84,85)91-66-72(64-87-74(79)58-51-44-37-30-24-20-22-28-34-41-48-55-68(5)6)93-75(80)59-52-45-38-31-23-19-17-15-14-16-18-21-27-33-40-47-54-67(3)4/h67-72,77H,8-66H2,1-7H3,(H,82,83)(H,84,85)/t69?,70-,71+,72+/m0/s1. The SMILES string of the molecule is CCCCCCCCCCC(=O)OC[C@H](COP(=O)(O)OC[C@H](O)COP(=O)(O)OC[C@@H](COC(=O)CCCCCCCCCCCCCC(C)C)OC(=O)CCCCCCCCCCCCCCCCCCC(C)C)OC(=O)CCCCCCCCCCCCC(C)CC. The third-order valence-electron chi connectivity index (χ3n) is 18.0. The van der Waals surface area contributed by atoms with E-state index in [1.54, 1.807) is 0 Å². The second kappa shape index (κ2) is 66.6. The fourth-order valence-corrected chi connectivity index (χ4v) is 13.1. The average molecular weight is 1400 g/mol. The zero-order chi connectivity index (χ0) is 70.1. The van der Waals surface area contributed by atoms with Crippen LogP contribution >= 0.6 is 15.6 Å². The van der Waals surface area contributed by atoms with Crippen LogP contribution in [0, 0.1) is 17.8 Å². The normalized spacial score (nSPS) is 14.4. The topological polar surface area (TPSA) is 237 Å². The van der Waals surface area contributed by atoms with E-state index >= 15 is 0 Å². The van der Waals surface area contributed by atoms with Gasteiger partial charge in [0.1, 0.15) is 19.3 Å². The Balaban J connectivity index is 5.21. The zero-order valence-electron chi connectivity index (χ0n) is 62.1. The summed E-state index contributed by atoms with van der Waals surface area (Å²) < 4.78 is 68.5. The summed E-state index contributed by atoms with van der Waals surface area (Å²) in [4.78, 5) is 72.7. The van der Waals surface area contributed by atoms with Gasteiger partial charge in [0, 0.05) is 25.7 Å². The van der Waals surface area contributed by atoms with Gasteiger partial charge >= 0.3 is 39.5 Å². The van der Waals surface area contributed by atoms with Gasteiger partial charge in [-0.05, 0) is 43.4 Å². The van der Waals surface area contributed by atoms with Crippen LogP contribution in [0.1, 0.15) is 389 Å². The van der Waals surface area contributed by atoms with Crippen molar-refractivity contribution in [3.05, 3.63) is 0 Å². The molecule has 0 saturated carbocycles. The third-order valence-corrected chi connectivity index (χ3v) is 19.9. The first-order valence-electron chi connectivity index (χ1n) is 39.4. The lowest BCUT2D eigenvalue weighted by Crippen LogP contribution is -2.30. The average Bonchev–Trinajstić information content (AvgIpc) is 1.19. The van der Waals surface area contributed by atoms with Crippen molar-refractivity contribution in [3.8, 4) is 0 Å². The number of carbonyl (C=O) groups excluding carboxylic acids is 4. The van der Waals surface area contributed by atoms with Crippen LogP contribution in [0.5, 0.6) is 0 Å². The summed E-state index contributed by atoms with van der Waals surface area (Å²) in [6.45, 7) is 11.9. The Morgan fingerprint density at radius 2 is 0.537 bits per heavy atom. The Morgan fingerprint density at radius 1 is 0.305 bits per heavy atom. The number of hydrogen-bond acceptors (Lipinski definition) is 15. The molecule has 0 radical (unpaired) electrons. The van der Waals surface area contributed by atoms with Crippen molar-refractivity contribution in [1.82, 2.24) is 0 Å². The molecule has 19 heteroatoms. The lowest BCUT2D eigenvalue weighted by molar-refractivity contribution is -0.161. The quantitative estimate of drug-likeness (QED) is 0.0222. The molecule has 0 aromatic rings. The Bertz CT molecular complexity index is 1850. The van der Waals surface area contributed by atoms with Crippen molar-refractivity contribution >= 4 is 39.5 Å². The van der Waals surface area contributed by atoms with Crippen LogP contribution in [0.15, 0.2) is 0 Å². The predicted molar refractivity (Wildman–Crippen MR) is 386 cm³/mol. The molecule has 3 N–H and O–H groups in total. The molecule has 0 aromatic heterocycles. The minimum Gasteiger partial charge on any atom is -0.462 e. The third kappa shape index (κ3) is 69.0. The van der Waals surface area contributed by atoms with Gasteiger partial charge in [-0.25, -0.2) is 9.13 Å². The van der Waals surface area contributed by atoms with Crippen molar-refractivity contribution in [1.29, 1.82) is 0 Å². The van der Waals surface area contributed by atoms with Gasteiger partial charge in [-0.3, -0.25) is 37.3 Å². The van der Waals surface area contributed by atoms with Gasteiger partial charge in [-0.1, -0.05) is 337 Å². The van der Waals surface area contributed by atoms with Gasteiger partial charge < -0.3 is 33.8 Å². The summed E-state index contributed by atoms with van der Waals surface area (Å²) >= 11 is 0. The van der Waals surface area contributed by atoms with E-state index in [9.17, 15) is 43.2 Å². The number of esters is 4. The molecule has 0 heterocycles. The van der Waals surface area contributed by atoms with E-state index in [0.29, 0.717) is 25.7 Å². The van der Waals surface area contributed by atoms with E-state index in [-0.39, 0.29) is 25.7 Å². The number of phosphoric acid groups is 2. The molecule has 0 fully saturated rings. The molecule has 0 saturated heterocycles. The van der Waals surface area contributed by atoms with Crippen molar-refractivity contribution in [2.75, 3.05) is 39.6 Å². The Morgan fingerprint density at radius 3 is 0.800 bits per heavy atom. The van der Waals surface area contributed by atoms with Gasteiger partial charge in [0.25, 0.3) is 0 Å².